The number of ketones is 1. The summed E-state index contributed by atoms with van der Waals surface area (Å²) in [6.45, 7) is 3.42. The van der Waals surface area contributed by atoms with Crippen LogP contribution in [0, 0.1) is 0 Å². The van der Waals surface area contributed by atoms with E-state index in [9.17, 15) is 4.79 Å². The van der Waals surface area contributed by atoms with E-state index in [1.807, 2.05) is 38.2 Å². The van der Waals surface area contributed by atoms with Crippen molar-refractivity contribution in [1.29, 1.82) is 0 Å². The van der Waals surface area contributed by atoms with E-state index in [1.54, 1.807) is 7.11 Å². The summed E-state index contributed by atoms with van der Waals surface area (Å²) in [5.74, 6) is 0.186. The predicted molar refractivity (Wildman–Crippen MR) is 66.2 cm³/mol. The number of hydrogen-bond donors (Lipinski definition) is 0. The Balaban J connectivity index is 2.67. The molecular formula is C13H19NO2. The van der Waals surface area contributed by atoms with Crippen LogP contribution in [-0.4, -0.2) is 33.1 Å². The lowest BCUT2D eigenvalue weighted by Crippen LogP contribution is -2.21. The highest BCUT2D eigenvalue weighted by Gasteiger charge is 2.04. The zero-order valence-electron chi connectivity index (χ0n) is 10.2. The Morgan fingerprint density at radius 3 is 2.44 bits per heavy atom. The van der Waals surface area contributed by atoms with Crippen molar-refractivity contribution < 1.29 is 9.53 Å². The molecule has 0 aromatic heterocycles. The Morgan fingerprint density at radius 2 is 1.94 bits per heavy atom. The third-order valence-corrected chi connectivity index (χ3v) is 2.58. The summed E-state index contributed by atoms with van der Waals surface area (Å²) in [5, 5.41) is 0. The van der Waals surface area contributed by atoms with E-state index in [4.69, 9.17) is 4.74 Å². The van der Waals surface area contributed by atoms with E-state index in [1.165, 1.54) is 0 Å². The van der Waals surface area contributed by atoms with Gasteiger partial charge in [-0.2, -0.15) is 0 Å². The molecule has 0 aliphatic carbocycles. The standard InChI is InChI=1S/C13H19NO2/c1-4-13(15)11-5-7-12(8-6-11)14(2)9-10-16-3/h5-8H,4,9-10H2,1-3H3. The lowest BCUT2D eigenvalue weighted by atomic mass is 10.1. The smallest absolute Gasteiger partial charge is 0.162 e. The van der Waals surface area contributed by atoms with Crippen molar-refractivity contribution in [1.82, 2.24) is 0 Å². The molecule has 0 atom stereocenters. The van der Waals surface area contributed by atoms with E-state index in [2.05, 4.69) is 4.90 Å². The Hall–Kier alpha value is -1.35. The fourth-order valence-corrected chi connectivity index (χ4v) is 1.46. The summed E-state index contributed by atoms with van der Waals surface area (Å²) < 4.78 is 5.02. The van der Waals surface area contributed by atoms with Gasteiger partial charge in [-0.05, 0) is 24.3 Å². The fourth-order valence-electron chi connectivity index (χ4n) is 1.46. The molecule has 0 spiro atoms. The molecular weight excluding hydrogens is 202 g/mol. The van der Waals surface area contributed by atoms with Gasteiger partial charge >= 0.3 is 0 Å². The van der Waals surface area contributed by atoms with Crippen molar-refractivity contribution in [2.45, 2.75) is 13.3 Å². The molecule has 0 aliphatic rings. The first-order valence-corrected chi connectivity index (χ1v) is 5.52. The first-order chi connectivity index (χ1) is 7.69. The quantitative estimate of drug-likeness (QED) is 0.691. The van der Waals surface area contributed by atoms with Crippen molar-refractivity contribution in [3.63, 3.8) is 0 Å². The molecule has 0 amide bonds. The number of Topliss-reactive ketones (excluding diaryl/α,β-unsaturated/α-hetero) is 1. The molecule has 1 aromatic rings. The number of likely N-dealkylation sites (N-methyl/N-ethyl adjacent to an activating group) is 1. The highest BCUT2D eigenvalue weighted by molar-refractivity contribution is 5.96. The van der Waals surface area contributed by atoms with E-state index in [-0.39, 0.29) is 5.78 Å². The lowest BCUT2D eigenvalue weighted by Gasteiger charge is -2.18. The maximum Gasteiger partial charge on any atom is 0.162 e. The molecule has 0 fully saturated rings. The summed E-state index contributed by atoms with van der Waals surface area (Å²) in [6.07, 6.45) is 0.554. The van der Waals surface area contributed by atoms with Crippen molar-refractivity contribution >= 4 is 11.5 Å². The average molecular weight is 221 g/mol. The average Bonchev–Trinajstić information content (AvgIpc) is 2.35. The molecule has 0 heterocycles. The topological polar surface area (TPSA) is 29.5 Å². The van der Waals surface area contributed by atoms with Crippen LogP contribution in [0.1, 0.15) is 23.7 Å². The second-order valence-electron chi connectivity index (χ2n) is 3.74. The molecule has 0 saturated heterocycles. The predicted octanol–water partition coefficient (Wildman–Crippen LogP) is 2.36. The summed E-state index contributed by atoms with van der Waals surface area (Å²) in [4.78, 5) is 13.5. The lowest BCUT2D eigenvalue weighted by molar-refractivity contribution is 0.0988. The van der Waals surface area contributed by atoms with Crippen LogP contribution in [0.4, 0.5) is 5.69 Å². The zero-order valence-corrected chi connectivity index (χ0v) is 10.2. The van der Waals surface area contributed by atoms with Crippen LogP contribution >= 0.6 is 0 Å². The van der Waals surface area contributed by atoms with Crippen LogP contribution < -0.4 is 4.90 Å². The fraction of sp³-hybridized carbons (Fsp3) is 0.462. The highest BCUT2D eigenvalue weighted by atomic mass is 16.5. The molecule has 3 nitrogen and oxygen atoms in total. The molecule has 0 aliphatic heterocycles. The van der Waals surface area contributed by atoms with Crippen LogP contribution in [0.5, 0.6) is 0 Å². The van der Waals surface area contributed by atoms with Crippen molar-refractivity contribution in [3.8, 4) is 0 Å². The number of rotatable bonds is 6. The third-order valence-electron chi connectivity index (χ3n) is 2.58. The largest absolute Gasteiger partial charge is 0.383 e. The number of anilines is 1. The van der Waals surface area contributed by atoms with Crippen LogP contribution in [0.2, 0.25) is 0 Å². The van der Waals surface area contributed by atoms with Crippen LogP contribution in [0.15, 0.2) is 24.3 Å². The van der Waals surface area contributed by atoms with Crippen molar-refractivity contribution in [3.05, 3.63) is 29.8 Å². The van der Waals surface area contributed by atoms with Crippen LogP contribution in [-0.2, 0) is 4.74 Å². The Labute approximate surface area is 97.0 Å². The van der Waals surface area contributed by atoms with Gasteiger partial charge in [0.2, 0.25) is 0 Å². The molecule has 0 bridgehead atoms. The molecule has 0 unspecified atom stereocenters. The Bertz CT molecular complexity index is 332. The van der Waals surface area contributed by atoms with E-state index < -0.39 is 0 Å². The van der Waals surface area contributed by atoms with E-state index in [0.717, 1.165) is 17.8 Å². The SMILES string of the molecule is CCC(=O)c1ccc(N(C)CCOC)cc1. The molecule has 0 saturated carbocycles. The van der Waals surface area contributed by atoms with Crippen LogP contribution in [0.3, 0.4) is 0 Å². The third kappa shape index (κ3) is 3.35. The highest BCUT2D eigenvalue weighted by Crippen LogP contribution is 2.14. The monoisotopic (exact) mass is 221 g/mol. The van der Waals surface area contributed by atoms with Crippen LogP contribution in [0.25, 0.3) is 0 Å². The minimum atomic E-state index is 0.186. The Kier molecular flexibility index (Phi) is 4.99. The number of methoxy groups -OCH3 is 1. The molecule has 0 radical (unpaired) electrons. The van der Waals surface area contributed by atoms with Gasteiger partial charge in [-0.1, -0.05) is 6.92 Å². The maximum atomic E-state index is 11.4. The summed E-state index contributed by atoms with van der Waals surface area (Å²) in [7, 11) is 3.70. The normalized spacial score (nSPS) is 10.2. The molecule has 16 heavy (non-hydrogen) atoms. The van der Waals surface area contributed by atoms with Gasteiger partial charge in [-0.25, -0.2) is 0 Å². The molecule has 1 aromatic carbocycles. The van der Waals surface area contributed by atoms with Gasteiger partial charge in [0.05, 0.1) is 6.61 Å². The van der Waals surface area contributed by atoms with Gasteiger partial charge < -0.3 is 9.64 Å². The minimum Gasteiger partial charge on any atom is -0.383 e. The first-order valence-electron chi connectivity index (χ1n) is 5.52. The maximum absolute atomic E-state index is 11.4. The number of nitrogens with zero attached hydrogens (tertiary/aromatic N) is 1. The van der Waals surface area contributed by atoms with Crippen molar-refractivity contribution in [2.24, 2.45) is 0 Å². The number of benzene rings is 1. The van der Waals surface area contributed by atoms with Gasteiger partial charge in [0.1, 0.15) is 0 Å². The van der Waals surface area contributed by atoms with Gasteiger partial charge in [0.15, 0.2) is 5.78 Å². The van der Waals surface area contributed by atoms with Gasteiger partial charge in [-0.3, -0.25) is 4.79 Å². The zero-order chi connectivity index (χ0) is 12.0. The van der Waals surface area contributed by atoms with Gasteiger partial charge in [-0.15, -0.1) is 0 Å². The Morgan fingerprint density at radius 1 is 1.31 bits per heavy atom. The molecule has 0 N–H and O–H groups in total. The van der Waals surface area contributed by atoms with E-state index >= 15 is 0 Å². The summed E-state index contributed by atoms with van der Waals surface area (Å²) in [6, 6.07) is 7.70. The minimum absolute atomic E-state index is 0.186. The number of carbonyl (C=O) groups excluding carboxylic acids is 1. The summed E-state index contributed by atoms with van der Waals surface area (Å²) in [5.41, 5.74) is 1.89. The van der Waals surface area contributed by atoms with Gasteiger partial charge in [0.25, 0.3) is 0 Å². The van der Waals surface area contributed by atoms with Crippen molar-refractivity contribution in [2.75, 3.05) is 32.2 Å². The number of ether oxygens (including phenoxy) is 1. The van der Waals surface area contributed by atoms with E-state index in [0.29, 0.717) is 13.0 Å². The number of hydrogen-bond acceptors (Lipinski definition) is 3. The first kappa shape index (κ1) is 12.7. The second-order valence-corrected chi connectivity index (χ2v) is 3.74. The molecule has 1 rings (SSSR count). The number of carbonyl (C=O) groups is 1. The summed E-state index contributed by atoms with van der Waals surface area (Å²) >= 11 is 0. The van der Waals surface area contributed by atoms with Gasteiger partial charge in [0, 0.05) is 38.4 Å². The second kappa shape index (κ2) is 6.28. The molecule has 3 heteroatoms. The molecule has 88 valence electrons.